The van der Waals surface area contributed by atoms with Gasteiger partial charge in [-0.3, -0.25) is 9.69 Å². The van der Waals surface area contributed by atoms with Gasteiger partial charge < -0.3 is 10.2 Å². The fourth-order valence-corrected chi connectivity index (χ4v) is 3.19. The van der Waals surface area contributed by atoms with Crippen LogP contribution in [0.1, 0.15) is 70.8 Å². The Balaban J connectivity index is 0.00000146. The van der Waals surface area contributed by atoms with Gasteiger partial charge in [-0.1, -0.05) is 65.3 Å². The Morgan fingerprint density at radius 2 is 1.58 bits per heavy atom. The number of ketones is 1. The Labute approximate surface area is 160 Å². The van der Waals surface area contributed by atoms with Crippen LogP contribution in [0.25, 0.3) is 0 Å². The Bertz CT molecular complexity index is 493. The fourth-order valence-electron chi connectivity index (χ4n) is 3.19. The molecule has 0 saturated carbocycles. The minimum Gasteiger partial charge on any atom is -0.396 e. The molecule has 0 bridgehead atoms. The molecular formula is C22H39NO3. The highest BCUT2D eigenvalue weighted by atomic mass is 16.3. The van der Waals surface area contributed by atoms with Crippen LogP contribution in [0.5, 0.6) is 0 Å². The topological polar surface area (TPSA) is 60.8 Å². The molecule has 2 atom stereocenters. The van der Waals surface area contributed by atoms with Crippen LogP contribution in [-0.2, 0) is 5.60 Å². The van der Waals surface area contributed by atoms with E-state index < -0.39 is 5.60 Å². The Morgan fingerprint density at radius 3 is 1.96 bits per heavy atom. The SMILES string of the molecule is CC.CC.CC[C@@H]1CN(CC(=O)c2ccc(C(C)(C)O)cc2)C[C@@H]1CO. The van der Waals surface area contributed by atoms with E-state index >= 15 is 0 Å². The molecular weight excluding hydrogens is 326 g/mol. The van der Waals surface area contributed by atoms with Crippen LogP contribution in [0.2, 0.25) is 0 Å². The van der Waals surface area contributed by atoms with Gasteiger partial charge in [-0.25, -0.2) is 0 Å². The van der Waals surface area contributed by atoms with Crippen LogP contribution >= 0.6 is 0 Å². The fraction of sp³-hybridized carbons (Fsp3) is 0.682. The third kappa shape index (κ3) is 7.18. The lowest BCUT2D eigenvalue weighted by atomic mass is 9.95. The second-order valence-corrected chi connectivity index (χ2v) is 6.86. The van der Waals surface area contributed by atoms with E-state index in [9.17, 15) is 15.0 Å². The van der Waals surface area contributed by atoms with Gasteiger partial charge in [0.25, 0.3) is 0 Å². The zero-order chi connectivity index (χ0) is 20.3. The van der Waals surface area contributed by atoms with Crippen LogP contribution in [0.15, 0.2) is 24.3 Å². The van der Waals surface area contributed by atoms with Crippen LogP contribution in [0.4, 0.5) is 0 Å². The second kappa shape index (κ2) is 12.2. The number of carbonyl (C=O) groups excluding carboxylic acids is 1. The quantitative estimate of drug-likeness (QED) is 0.745. The van der Waals surface area contributed by atoms with Crippen LogP contribution in [0, 0.1) is 11.8 Å². The summed E-state index contributed by atoms with van der Waals surface area (Å²) in [5.41, 5.74) is 0.587. The first-order valence-electron chi connectivity index (χ1n) is 10.0. The zero-order valence-electron chi connectivity index (χ0n) is 17.7. The van der Waals surface area contributed by atoms with Gasteiger partial charge in [-0.2, -0.15) is 0 Å². The molecule has 4 nitrogen and oxygen atoms in total. The summed E-state index contributed by atoms with van der Waals surface area (Å²) in [5, 5.41) is 19.4. The Kier molecular flexibility index (Phi) is 11.6. The maximum atomic E-state index is 12.4. The van der Waals surface area contributed by atoms with Crippen molar-refractivity contribution in [1.29, 1.82) is 0 Å². The average Bonchev–Trinajstić information content (AvgIpc) is 3.06. The molecule has 1 aromatic carbocycles. The third-order valence-electron chi connectivity index (χ3n) is 4.69. The van der Waals surface area contributed by atoms with Gasteiger partial charge in [-0.15, -0.1) is 0 Å². The highest BCUT2D eigenvalue weighted by Crippen LogP contribution is 2.26. The van der Waals surface area contributed by atoms with Gasteiger partial charge in [-0.05, 0) is 31.2 Å². The molecule has 4 heteroatoms. The van der Waals surface area contributed by atoms with Gasteiger partial charge in [0.05, 0.1) is 12.1 Å². The first-order valence-corrected chi connectivity index (χ1v) is 10.0. The number of likely N-dealkylation sites (tertiary alicyclic amines) is 1. The molecule has 1 aliphatic heterocycles. The van der Waals surface area contributed by atoms with Crippen molar-refractivity contribution in [1.82, 2.24) is 4.90 Å². The Hall–Kier alpha value is -1.23. The number of carbonyl (C=O) groups is 1. The van der Waals surface area contributed by atoms with Gasteiger partial charge in [0, 0.05) is 25.3 Å². The highest BCUT2D eigenvalue weighted by molar-refractivity contribution is 5.97. The molecule has 1 aliphatic rings. The molecule has 150 valence electrons. The first kappa shape index (κ1) is 24.8. The second-order valence-electron chi connectivity index (χ2n) is 6.86. The lowest BCUT2D eigenvalue weighted by Crippen LogP contribution is -2.28. The maximum absolute atomic E-state index is 12.4. The van der Waals surface area contributed by atoms with E-state index in [1.807, 2.05) is 39.8 Å². The summed E-state index contributed by atoms with van der Waals surface area (Å²) in [4.78, 5) is 14.5. The van der Waals surface area contributed by atoms with Crippen molar-refractivity contribution in [2.45, 2.75) is 60.5 Å². The summed E-state index contributed by atoms with van der Waals surface area (Å²) >= 11 is 0. The molecule has 0 unspecified atom stereocenters. The lowest BCUT2D eigenvalue weighted by Gasteiger charge is -2.18. The Morgan fingerprint density at radius 1 is 1.08 bits per heavy atom. The van der Waals surface area contributed by atoms with Crippen molar-refractivity contribution in [3.05, 3.63) is 35.4 Å². The van der Waals surface area contributed by atoms with Crippen LogP contribution in [0.3, 0.4) is 0 Å². The number of benzene rings is 1. The summed E-state index contributed by atoms with van der Waals surface area (Å²) in [6.45, 7) is 15.9. The average molecular weight is 366 g/mol. The molecule has 0 aliphatic carbocycles. The first-order chi connectivity index (χ1) is 12.3. The number of nitrogens with zero attached hydrogens (tertiary/aromatic N) is 1. The summed E-state index contributed by atoms with van der Waals surface area (Å²) in [7, 11) is 0. The van der Waals surface area contributed by atoms with Gasteiger partial charge in [0.2, 0.25) is 0 Å². The predicted octanol–water partition coefficient (Wildman–Crippen LogP) is 4.10. The van der Waals surface area contributed by atoms with Crippen molar-refractivity contribution in [2.24, 2.45) is 11.8 Å². The van der Waals surface area contributed by atoms with Crippen LogP contribution in [-0.4, -0.2) is 47.1 Å². The van der Waals surface area contributed by atoms with E-state index in [1.165, 1.54) is 0 Å². The monoisotopic (exact) mass is 365 g/mol. The number of Topliss-reactive ketones (excluding diaryl/α,β-unsaturated/α-hetero) is 1. The maximum Gasteiger partial charge on any atom is 0.176 e. The number of hydrogen-bond acceptors (Lipinski definition) is 4. The smallest absolute Gasteiger partial charge is 0.176 e. The van der Waals surface area contributed by atoms with Gasteiger partial charge in [0.1, 0.15) is 0 Å². The van der Waals surface area contributed by atoms with E-state index in [0.717, 1.165) is 25.1 Å². The summed E-state index contributed by atoms with van der Waals surface area (Å²) < 4.78 is 0. The summed E-state index contributed by atoms with van der Waals surface area (Å²) in [5.74, 6) is 0.862. The molecule has 26 heavy (non-hydrogen) atoms. The van der Waals surface area contributed by atoms with E-state index in [0.29, 0.717) is 18.0 Å². The van der Waals surface area contributed by atoms with Crippen molar-refractivity contribution < 1.29 is 15.0 Å². The molecule has 1 saturated heterocycles. The molecule has 0 radical (unpaired) electrons. The van der Waals surface area contributed by atoms with Crippen molar-refractivity contribution in [3.8, 4) is 0 Å². The van der Waals surface area contributed by atoms with Crippen molar-refractivity contribution in [2.75, 3.05) is 26.2 Å². The third-order valence-corrected chi connectivity index (χ3v) is 4.69. The molecule has 0 spiro atoms. The highest BCUT2D eigenvalue weighted by Gasteiger charge is 2.31. The summed E-state index contributed by atoms with van der Waals surface area (Å²) in [6, 6.07) is 7.18. The molecule has 0 aromatic heterocycles. The number of aliphatic hydroxyl groups excluding tert-OH is 1. The molecule has 2 N–H and O–H groups in total. The molecule has 1 heterocycles. The van der Waals surface area contributed by atoms with Gasteiger partial charge >= 0.3 is 0 Å². The molecule has 0 amide bonds. The number of hydrogen-bond donors (Lipinski definition) is 2. The van der Waals surface area contributed by atoms with Crippen molar-refractivity contribution in [3.63, 3.8) is 0 Å². The standard InChI is InChI=1S/C18H27NO3.2C2H6/c1-4-13-9-19(10-15(13)12-20)11-17(21)14-5-7-16(8-6-14)18(2,3)22;2*1-2/h5-8,13,15,20,22H,4,9-12H2,1-3H3;2*1-2H3/t13-,15-;;/m1../s1. The van der Waals surface area contributed by atoms with E-state index in [2.05, 4.69) is 11.8 Å². The molecule has 2 rings (SSSR count). The van der Waals surface area contributed by atoms with E-state index in [-0.39, 0.29) is 18.3 Å². The van der Waals surface area contributed by atoms with E-state index in [4.69, 9.17) is 0 Å². The zero-order valence-corrected chi connectivity index (χ0v) is 17.7. The minimum atomic E-state index is -0.890. The van der Waals surface area contributed by atoms with Gasteiger partial charge in [0.15, 0.2) is 5.78 Å². The number of rotatable bonds is 6. The predicted molar refractivity (Wildman–Crippen MR) is 110 cm³/mol. The normalized spacial score (nSPS) is 19.9. The largest absolute Gasteiger partial charge is 0.396 e. The molecule has 1 fully saturated rings. The lowest BCUT2D eigenvalue weighted by molar-refractivity contribution is 0.0784. The van der Waals surface area contributed by atoms with Crippen LogP contribution < -0.4 is 0 Å². The van der Waals surface area contributed by atoms with E-state index in [1.54, 1.807) is 26.0 Å². The molecule has 1 aromatic rings. The van der Waals surface area contributed by atoms with Crippen molar-refractivity contribution >= 4 is 5.78 Å². The summed E-state index contributed by atoms with van der Waals surface area (Å²) in [6.07, 6.45) is 1.04. The minimum absolute atomic E-state index is 0.0933. The number of aliphatic hydroxyl groups is 2.